The number of hydrogen-bond acceptors (Lipinski definition) is 7. The minimum atomic E-state index is -2.98. The van der Waals surface area contributed by atoms with Crippen molar-refractivity contribution < 1.29 is 28.2 Å². The van der Waals surface area contributed by atoms with Gasteiger partial charge < -0.3 is 20.3 Å². The Morgan fingerprint density at radius 3 is 2.67 bits per heavy atom. The van der Waals surface area contributed by atoms with Crippen molar-refractivity contribution in [2.45, 2.75) is 51.0 Å². The first-order valence-electron chi connectivity index (χ1n) is 11.5. The fourth-order valence-corrected chi connectivity index (χ4v) is 3.93. The van der Waals surface area contributed by atoms with Gasteiger partial charge in [0, 0.05) is 6.07 Å². The molecule has 1 heterocycles. The van der Waals surface area contributed by atoms with Crippen LogP contribution in [0.2, 0.25) is 0 Å². The van der Waals surface area contributed by atoms with Crippen LogP contribution in [0.25, 0.3) is 0 Å². The summed E-state index contributed by atoms with van der Waals surface area (Å²) in [5.41, 5.74) is 9.54. The van der Waals surface area contributed by atoms with Crippen LogP contribution in [-0.2, 0) is 6.54 Å². The molecular formula is C25H27F2N5O4. The van der Waals surface area contributed by atoms with Gasteiger partial charge >= 0.3 is 6.61 Å². The van der Waals surface area contributed by atoms with Gasteiger partial charge in [0.05, 0.1) is 25.0 Å². The van der Waals surface area contributed by atoms with Gasteiger partial charge in [-0.2, -0.15) is 19.0 Å². The van der Waals surface area contributed by atoms with Crippen LogP contribution in [0, 0.1) is 0 Å². The zero-order chi connectivity index (χ0) is 25.5. The fourth-order valence-electron chi connectivity index (χ4n) is 3.93. The van der Waals surface area contributed by atoms with E-state index in [1.165, 1.54) is 35.2 Å². The summed E-state index contributed by atoms with van der Waals surface area (Å²) in [6.07, 6.45) is 4.19. The second-order valence-electron chi connectivity index (χ2n) is 8.37. The zero-order valence-electron chi connectivity index (χ0n) is 19.4. The lowest BCUT2D eigenvalue weighted by atomic mass is 10.1. The number of halogens is 2. The topological polar surface area (TPSA) is 124 Å². The molecule has 1 aliphatic carbocycles. The minimum Gasteiger partial charge on any atom is -0.487 e. The molecule has 36 heavy (non-hydrogen) atoms. The molecule has 0 radical (unpaired) electrons. The molecule has 1 unspecified atom stereocenters. The summed E-state index contributed by atoms with van der Waals surface area (Å²) < 4.78 is 37.3. The number of ether oxygens (including phenoxy) is 2. The predicted octanol–water partition coefficient (Wildman–Crippen LogP) is 3.89. The molecule has 1 atom stereocenters. The zero-order valence-corrected chi connectivity index (χ0v) is 19.4. The number of amides is 1. The first-order chi connectivity index (χ1) is 17.4. The molecule has 2 aromatic carbocycles. The minimum absolute atomic E-state index is 0.0239. The Balaban J connectivity index is 1.39. The quantitative estimate of drug-likeness (QED) is 0.287. The maximum atomic E-state index is 12.8. The van der Waals surface area contributed by atoms with Gasteiger partial charge in [0.25, 0.3) is 5.91 Å². The van der Waals surface area contributed by atoms with Crippen LogP contribution in [0.3, 0.4) is 0 Å². The van der Waals surface area contributed by atoms with Crippen LogP contribution in [0.1, 0.15) is 53.4 Å². The van der Waals surface area contributed by atoms with Gasteiger partial charge in [-0.3, -0.25) is 4.79 Å². The Hall–Kier alpha value is -3.99. The van der Waals surface area contributed by atoms with Crippen molar-refractivity contribution in [3.8, 4) is 11.5 Å². The monoisotopic (exact) mass is 499 g/mol. The van der Waals surface area contributed by atoms with Crippen LogP contribution in [0.4, 0.5) is 14.6 Å². The number of carbonyl (C=O) groups excluding carboxylic acids is 1. The summed E-state index contributed by atoms with van der Waals surface area (Å²) in [5.74, 6) is -0.258. The van der Waals surface area contributed by atoms with Crippen molar-refractivity contribution in [3.05, 3.63) is 71.4 Å². The number of nitrogen functional groups attached to an aromatic ring is 1. The second kappa shape index (κ2) is 11.6. The van der Waals surface area contributed by atoms with Crippen LogP contribution >= 0.6 is 0 Å². The fraction of sp³-hybridized carbons (Fsp3) is 0.320. The largest absolute Gasteiger partial charge is 0.487 e. The molecule has 190 valence electrons. The molecule has 1 amide bonds. The van der Waals surface area contributed by atoms with Crippen molar-refractivity contribution >= 4 is 17.9 Å². The number of aliphatic hydroxyl groups is 1. The highest BCUT2D eigenvalue weighted by molar-refractivity contribution is 5.93. The van der Waals surface area contributed by atoms with Gasteiger partial charge in [0.15, 0.2) is 17.2 Å². The number of alkyl halides is 2. The normalized spacial score (nSPS) is 14.9. The molecular weight excluding hydrogens is 472 g/mol. The van der Waals surface area contributed by atoms with E-state index in [0.717, 1.165) is 25.7 Å². The lowest BCUT2D eigenvalue weighted by Gasteiger charge is -2.17. The lowest BCUT2D eigenvalue weighted by Crippen LogP contribution is -2.19. The Bertz CT molecular complexity index is 1200. The van der Waals surface area contributed by atoms with Crippen LogP contribution in [0.5, 0.6) is 11.5 Å². The van der Waals surface area contributed by atoms with E-state index in [2.05, 4.69) is 20.4 Å². The molecule has 9 nitrogen and oxygen atoms in total. The molecule has 4 rings (SSSR count). The van der Waals surface area contributed by atoms with E-state index in [0.29, 0.717) is 11.1 Å². The molecule has 3 aromatic rings. The summed E-state index contributed by atoms with van der Waals surface area (Å²) in [6, 6.07) is 14.8. The lowest BCUT2D eigenvalue weighted by molar-refractivity contribution is -0.0520. The number of hydrogen-bond donors (Lipinski definition) is 3. The standard InChI is InChI=1S/C25H27F2N5O4/c26-25(27)36-21-11-10-16(12-22(21)35-18-8-4-5-9-18)14-29-30-24(34)19-13-23(28)32(31-19)15-20(33)17-6-2-1-3-7-17/h1-3,6-7,10-14,18,20,25,33H,4-5,8-9,15,28H2,(H,30,34)/b29-14-. The average Bonchev–Trinajstić information content (AvgIpc) is 3.50. The smallest absolute Gasteiger partial charge is 0.387 e. The van der Waals surface area contributed by atoms with Gasteiger partial charge in [-0.25, -0.2) is 10.1 Å². The molecule has 1 saturated carbocycles. The Morgan fingerprint density at radius 2 is 1.94 bits per heavy atom. The van der Waals surface area contributed by atoms with Crippen LogP contribution in [0.15, 0.2) is 59.7 Å². The molecule has 11 heteroatoms. The highest BCUT2D eigenvalue weighted by Crippen LogP contribution is 2.33. The second-order valence-corrected chi connectivity index (χ2v) is 8.37. The van der Waals surface area contributed by atoms with E-state index in [1.54, 1.807) is 12.1 Å². The summed E-state index contributed by atoms with van der Waals surface area (Å²) in [7, 11) is 0. The molecule has 1 aliphatic rings. The van der Waals surface area contributed by atoms with Gasteiger partial charge in [0.2, 0.25) is 0 Å². The first-order valence-corrected chi connectivity index (χ1v) is 11.5. The van der Waals surface area contributed by atoms with Crippen LogP contribution in [-0.4, -0.2) is 39.7 Å². The third kappa shape index (κ3) is 6.57. The Labute approximate surface area is 206 Å². The number of anilines is 1. The van der Waals surface area contributed by atoms with Crippen LogP contribution < -0.4 is 20.6 Å². The highest BCUT2D eigenvalue weighted by Gasteiger charge is 2.20. The Morgan fingerprint density at radius 1 is 1.19 bits per heavy atom. The van der Waals surface area contributed by atoms with E-state index in [4.69, 9.17) is 10.5 Å². The highest BCUT2D eigenvalue weighted by atomic mass is 19.3. The molecule has 4 N–H and O–H groups in total. The number of benzene rings is 2. The maximum absolute atomic E-state index is 12.8. The third-order valence-corrected chi connectivity index (χ3v) is 5.73. The Kier molecular flexibility index (Phi) is 8.11. The summed E-state index contributed by atoms with van der Waals surface area (Å²) in [5, 5.41) is 18.5. The number of hydrazone groups is 1. The van der Waals surface area contributed by atoms with E-state index < -0.39 is 18.6 Å². The van der Waals surface area contributed by atoms with E-state index in [-0.39, 0.29) is 35.7 Å². The van der Waals surface area contributed by atoms with Crippen molar-refractivity contribution in [1.29, 1.82) is 0 Å². The number of rotatable bonds is 10. The number of nitrogens with two attached hydrogens (primary N) is 1. The molecule has 0 aliphatic heterocycles. The van der Waals surface area contributed by atoms with Crippen molar-refractivity contribution in [2.24, 2.45) is 5.10 Å². The van der Waals surface area contributed by atoms with Gasteiger partial charge in [0.1, 0.15) is 5.82 Å². The number of aromatic nitrogens is 2. The van der Waals surface area contributed by atoms with Crippen molar-refractivity contribution in [3.63, 3.8) is 0 Å². The number of nitrogens with one attached hydrogen (secondary N) is 1. The SMILES string of the molecule is Nc1cc(C(=O)N/N=C\c2ccc(OC(F)F)c(OC3CCCC3)c2)nn1CC(O)c1ccccc1. The molecule has 0 spiro atoms. The number of carbonyl (C=O) groups is 1. The van der Waals surface area contributed by atoms with E-state index in [1.807, 2.05) is 18.2 Å². The molecule has 1 aromatic heterocycles. The molecule has 0 bridgehead atoms. The number of nitrogens with zero attached hydrogens (tertiary/aromatic N) is 3. The summed E-state index contributed by atoms with van der Waals surface area (Å²) >= 11 is 0. The predicted molar refractivity (Wildman–Crippen MR) is 129 cm³/mol. The summed E-state index contributed by atoms with van der Waals surface area (Å²) in [6.45, 7) is -2.90. The third-order valence-electron chi connectivity index (χ3n) is 5.73. The molecule has 0 saturated heterocycles. The first kappa shape index (κ1) is 25.1. The van der Waals surface area contributed by atoms with Crippen molar-refractivity contribution in [2.75, 3.05) is 5.73 Å². The van der Waals surface area contributed by atoms with Gasteiger partial charge in [-0.1, -0.05) is 30.3 Å². The molecule has 1 fully saturated rings. The van der Waals surface area contributed by atoms with Crippen molar-refractivity contribution in [1.82, 2.24) is 15.2 Å². The van der Waals surface area contributed by atoms with E-state index in [9.17, 15) is 18.7 Å². The van der Waals surface area contributed by atoms with Gasteiger partial charge in [-0.15, -0.1) is 0 Å². The summed E-state index contributed by atoms with van der Waals surface area (Å²) in [4.78, 5) is 12.5. The van der Waals surface area contributed by atoms with E-state index >= 15 is 0 Å². The maximum Gasteiger partial charge on any atom is 0.387 e. The van der Waals surface area contributed by atoms with Gasteiger partial charge in [-0.05, 0) is 55.0 Å². The average molecular weight is 500 g/mol. The number of aliphatic hydroxyl groups excluding tert-OH is 1.